The van der Waals surface area contributed by atoms with Crippen molar-refractivity contribution >= 4 is 5.97 Å². The summed E-state index contributed by atoms with van der Waals surface area (Å²) in [5.74, 6) is -0.385. The topological polar surface area (TPSA) is 48.4 Å². The molecule has 1 saturated heterocycles. The van der Waals surface area contributed by atoms with Gasteiger partial charge in [-0.25, -0.2) is 9.78 Å². The van der Waals surface area contributed by atoms with Crippen LogP contribution in [0.4, 0.5) is 0 Å². The third kappa shape index (κ3) is 2.79. The number of ether oxygens (including phenoxy) is 2. The van der Waals surface area contributed by atoms with Crippen LogP contribution in [0.5, 0.6) is 0 Å². The van der Waals surface area contributed by atoms with Crippen molar-refractivity contribution in [2.75, 3.05) is 6.61 Å². The smallest absolute Gasteiger partial charge is 0.357 e. The Morgan fingerprint density at radius 2 is 2.44 bits per heavy atom. The van der Waals surface area contributed by atoms with Crippen LogP contribution < -0.4 is 0 Å². The van der Waals surface area contributed by atoms with E-state index >= 15 is 0 Å². The first kappa shape index (κ1) is 11.1. The minimum Gasteiger partial charge on any atom is -0.458 e. The van der Waals surface area contributed by atoms with Crippen LogP contribution in [0.15, 0.2) is 24.4 Å². The molecule has 1 fully saturated rings. The Morgan fingerprint density at radius 1 is 1.56 bits per heavy atom. The highest BCUT2D eigenvalue weighted by molar-refractivity contribution is 5.87. The summed E-state index contributed by atoms with van der Waals surface area (Å²) in [6.45, 7) is 2.35. The molecule has 0 aromatic carbocycles. The van der Waals surface area contributed by atoms with Crippen molar-refractivity contribution in [3.05, 3.63) is 30.1 Å². The summed E-state index contributed by atoms with van der Waals surface area (Å²) in [6.07, 6.45) is 3.88. The van der Waals surface area contributed by atoms with Crippen LogP contribution in [-0.2, 0) is 9.47 Å². The van der Waals surface area contributed by atoms with Crippen LogP contribution >= 0.6 is 0 Å². The molecule has 2 rings (SSSR count). The maximum atomic E-state index is 11.5. The third-order valence-electron chi connectivity index (χ3n) is 2.59. The molecule has 0 amide bonds. The van der Waals surface area contributed by atoms with E-state index < -0.39 is 0 Å². The zero-order chi connectivity index (χ0) is 11.4. The van der Waals surface area contributed by atoms with E-state index in [1.807, 2.05) is 6.92 Å². The molecule has 1 aromatic heterocycles. The minimum absolute atomic E-state index is 0.0441. The summed E-state index contributed by atoms with van der Waals surface area (Å²) in [5.41, 5.74) is 0.341. The zero-order valence-corrected chi connectivity index (χ0v) is 9.26. The molecule has 16 heavy (non-hydrogen) atoms. The van der Waals surface area contributed by atoms with Gasteiger partial charge in [-0.1, -0.05) is 6.07 Å². The lowest BCUT2D eigenvalue weighted by molar-refractivity contribution is -0.00299. The van der Waals surface area contributed by atoms with E-state index in [4.69, 9.17) is 9.47 Å². The molecular formula is C12H15NO3. The molecule has 0 spiro atoms. The predicted octanol–water partition coefficient (Wildman–Crippen LogP) is 1.81. The highest BCUT2D eigenvalue weighted by Crippen LogP contribution is 2.19. The Balaban J connectivity index is 1.80. The number of pyridine rings is 1. The summed E-state index contributed by atoms with van der Waals surface area (Å²) in [6, 6.07) is 5.16. The molecule has 2 atom stereocenters. The van der Waals surface area contributed by atoms with Crippen LogP contribution in [0, 0.1) is 0 Å². The number of nitrogens with zero attached hydrogens (tertiary/aromatic N) is 1. The zero-order valence-electron chi connectivity index (χ0n) is 9.26. The summed E-state index contributed by atoms with van der Waals surface area (Å²) in [4.78, 5) is 15.5. The van der Waals surface area contributed by atoms with Gasteiger partial charge >= 0.3 is 5.97 Å². The maximum Gasteiger partial charge on any atom is 0.357 e. The minimum atomic E-state index is -0.385. The monoisotopic (exact) mass is 221 g/mol. The molecule has 4 heteroatoms. The fourth-order valence-electron chi connectivity index (χ4n) is 1.73. The maximum absolute atomic E-state index is 11.5. The van der Waals surface area contributed by atoms with E-state index in [1.165, 1.54) is 0 Å². The first-order valence-corrected chi connectivity index (χ1v) is 5.49. The Labute approximate surface area is 94.6 Å². The molecule has 0 N–H and O–H groups in total. The molecule has 4 nitrogen and oxygen atoms in total. The van der Waals surface area contributed by atoms with Crippen molar-refractivity contribution < 1.29 is 14.3 Å². The van der Waals surface area contributed by atoms with Crippen LogP contribution in [0.2, 0.25) is 0 Å². The average Bonchev–Trinajstić information content (AvgIpc) is 2.73. The fourth-order valence-corrected chi connectivity index (χ4v) is 1.73. The summed E-state index contributed by atoms with van der Waals surface area (Å²) >= 11 is 0. The molecule has 0 radical (unpaired) electrons. The standard InChI is InChI=1S/C12H15NO3/c1-9-5-6-10(16-9)8-15-12(14)11-4-2-3-7-13-11/h2-4,7,9-10H,5-6,8H2,1H3/t9-,10+/m1/s1. The lowest BCUT2D eigenvalue weighted by Gasteiger charge is -2.11. The lowest BCUT2D eigenvalue weighted by atomic mass is 10.2. The van der Waals surface area contributed by atoms with Gasteiger partial charge in [0.25, 0.3) is 0 Å². The average molecular weight is 221 g/mol. The van der Waals surface area contributed by atoms with Gasteiger partial charge in [-0.3, -0.25) is 0 Å². The lowest BCUT2D eigenvalue weighted by Crippen LogP contribution is -2.19. The van der Waals surface area contributed by atoms with Crippen molar-refractivity contribution in [3.8, 4) is 0 Å². The Hall–Kier alpha value is -1.42. The van der Waals surface area contributed by atoms with E-state index in [1.54, 1.807) is 24.4 Å². The van der Waals surface area contributed by atoms with Crippen molar-refractivity contribution in [3.63, 3.8) is 0 Å². The molecule has 1 aliphatic heterocycles. The second-order valence-electron chi connectivity index (χ2n) is 3.96. The molecule has 0 saturated carbocycles. The van der Waals surface area contributed by atoms with Gasteiger partial charge in [0, 0.05) is 6.20 Å². The molecular weight excluding hydrogens is 206 g/mol. The first-order chi connectivity index (χ1) is 7.75. The molecule has 1 aliphatic rings. The van der Waals surface area contributed by atoms with Crippen molar-refractivity contribution in [2.24, 2.45) is 0 Å². The van der Waals surface area contributed by atoms with Crippen molar-refractivity contribution in [1.29, 1.82) is 0 Å². The fraction of sp³-hybridized carbons (Fsp3) is 0.500. The van der Waals surface area contributed by atoms with E-state index in [9.17, 15) is 4.79 Å². The van der Waals surface area contributed by atoms with Gasteiger partial charge in [0.05, 0.1) is 12.2 Å². The quantitative estimate of drug-likeness (QED) is 0.730. The number of esters is 1. The Morgan fingerprint density at radius 3 is 3.06 bits per heavy atom. The largest absolute Gasteiger partial charge is 0.458 e. The summed E-state index contributed by atoms with van der Waals surface area (Å²) in [7, 11) is 0. The summed E-state index contributed by atoms with van der Waals surface area (Å²) in [5, 5.41) is 0. The number of hydrogen-bond acceptors (Lipinski definition) is 4. The molecule has 0 unspecified atom stereocenters. The van der Waals surface area contributed by atoms with Crippen LogP contribution in [0.1, 0.15) is 30.3 Å². The first-order valence-electron chi connectivity index (χ1n) is 5.49. The van der Waals surface area contributed by atoms with Gasteiger partial charge in [-0.05, 0) is 31.9 Å². The van der Waals surface area contributed by atoms with E-state index in [2.05, 4.69) is 4.98 Å². The third-order valence-corrected chi connectivity index (χ3v) is 2.59. The molecule has 2 heterocycles. The molecule has 86 valence electrons. The molecule has 0 aliphatic carbocycles. The van der Waals surface area contributed by atoms with Gasteiger partial charge < -0.3 is 9.47 Å². The molecule has 1 aromatic rings. The number of carbonyl (C=O) groups excluding carboxylic acids is 1. The highest BCUT2D eigenvalue weighted by Gasteiger charge is 2.23. The Bertz CT molecular complexity index is 353. The van der Waals surface area contributed by atoms with E-state index in [0.717, 1.165) is 12.8 Å². The van der Waals surface area contributed by atoms with Crippen molar-refractivity contribution in [2.45, 2.75) is 32.0 Å². The van der Waals surface area contributed by atoms with E-state index in [-0.39, 0.29) is 18.2 Å². The van der Waals surface area contributed by atoms with Gasteiger partial charge in [-0.2, -0.15) is 0 Å². The second kappa shape index (κ2) is 5.07. The normalized spacial score (nSPS) is 24.3. The van der Waals surface area contributed by atoms with Crippen LogP contribution in [0.25, 0.3) is 0 Å². The highest BCUT2D eigenvalue weighted by atomic mass is 16.6. The number of rotatable bonds is 3. The summed E-state index contributed by atoms with van der Waals surface area (Å²) < 4.78 is 10.7. The SMILES string of the molecule is C[C@@H]1CC[C@@H](COC(=O)c2ccccn2)O1. The second-order valence-corrected chi connectivity index (χ2v) is 3.96. The van der Waals surface area contributed by atoms with Gasteiger partial charge in [0.1, 0.15) is 12.3 Å². The number of aromatic nitrogens is 1. The molecule has 0 bridgehead atoms. The van der Waals surface area contributed by atoms with Gasteiger partial charge in [-0.15, -0.1) is 0 Å². The predicted molar refractivity (Wildman–Crippen MR) is 58.1 cm³/mol. The Kier molecular flexibility index (Phi) is 3.51. The van der Waals surface area contributed by atoms with Crippen molar-refractivity contribution in [1.82, 2.24) is 4.98 Å². The van der Waals surface area contributed by atoms with Gasteiger partial charge in [0.2, 0.25) is 0 Å². The number of hydrogen-bond donors (Lipinski definition) is 0. The van der Waals surface area contributed by atoms with Gasteiger partial charge in [0.15, 0.2) is 0 Å². The number of carbonyl (C=O) groups is 1. The van der Waals surface area contributed by atoms with Crippen LogP contribution in [0.3, 0.4) is 0 Å². The van der Waals surface area contributed by atoms with Crippen LogP contribution in [-0.4, -0.2) is 29.8 Å². The van der Waals surface area contributed by atoms with E-state index in [0.29, 0.717) is 12.3 Å².